The second-order valence-corrected chi connectivity index (χ2v) is 8.80. The number of nitrogens with zero attached hydrogens (tertiary/aromatic N) is 4. The lowest BCUT2D eigenvalue weighted by molar-refractivity contribution is -0.118. The van der Waals surface area contributed by atoms with Gasteiger partial charge in [0.25, 0.3) is 0 Å². The Labute approximate surface area is 206 Å². The summed E-state index contributed by atoms with van der Waals surface area (Å²) in [5.41, 5.74) is -2.14. The quantitative estimate of drug-likeness (QED) is 0.448. The lowest BCUT2D eigenvalue weighted by Gasteiger charge is -2.28. The smallest absolute Gasteiger partial charge is 0.338 e. The van der Waals surface area contributed by atoms with Gasteiger partial charge in [-0.3, -0.25) is 14.7 Å². The number of halogens is 2. The third kappa shape index (κ3) is 4.48. The average molecular weight is 503 g/mol. The van der Waals surface area contributed by atoms with Crippen LogP contribution in [0.2, 0.25) is 0 Å². The minimum Gasteiger partial charge on any atom is -0.452 e. The zero-order valence-corrected chi connectivity index (χ0v) is 20.4. The number of anilines is 2. The maximum absolute atomic E-state index is 16.4. The van der Waals surface area contributed by atoms with Crippen LogP contribution in [0.4, 0.5) is 20.5 Å². The molecule has 0 saturated carbocycles. The van der Waals surface area contributed by atoms with E-state index in [1.54, 1.807) is 46.0 Å². The van der Waals surface area contributed by atoms with Crippen molar-refractivity contribution in [3.05, 3.63) is 42.2 Å². The maximum Gasteiger partial charge on any atom is 0.338 e. The lowest BCUT2D eigenvalue weighted by atomic mass is 9.95. The average Bonchev–Trinajstić information content (AvgIpc) is 3.42. The highest BCUT2D eigenvalue weighted by Crippen LogP contribution is 2.46. The van der Waals surface area contributed by atoms with Gasteiger partial charge in [0.2, 0.25) is 17.5 Å². The van der Waals surface area contributed by atoms with E-state index in [1.807, 2.05) is 0 Å². The Hall–Kier alpha value is -3.67. The van der Waals surface area contributed by atoms with Gasteiger partial charge in [-0.25, -0.2) is 18.6 Å². The first-order chi connectivity index (χ1) is 17.2. The molecule has 4 rings (SSSR count). The number of nitrogens with one attached hydrogen (secondary N) is 2. The molecule has 10 nitrogen and oxygen atoms in total. The van der Waals surface area contributed by atoms with Crippen LogP contribution in [0.25, 0.3) is 11.2 Å². The molecule has 12 heteroatoms. The summed E-state index contributed by atoms with van der Waals surface area (Å²) >= 11 is 0. The standard InChI is InChI=1S/C24H28F2N6O4/c1-5-15-17(36-21(34)14-9-7-6-8-10-14)24(26,11-25)22(35-15)32-12-28-16-18(27-4)29-23(30-19(16)32)31-20(33)13(2)3/h6-10,12-13,15,17,22H,5,11H2,1-4H3,(H2,27,29,30,31,33)/t15-,17?,22-,24-/m1/s1. The van der Waals surface area contributed by atoms with Crippen LogP contribution in [0.1, 0.15) is 43.8 Å². The second kappa shape index (κ2) is 10.1. The molecule has 1 fully saturated rings. The molecule has 1 unspecified atom stereocenters. The molecule has 3 aromatic rings. The lowest BCUT2D eigenvalue weighted by Crippen LogP contribution is -2.47. The van der Waals surface area contributed by atoms with Crippen LogP contribution in [-0.4, -0.2) is 63.0 Å². The highest BCUT2D eigenvalue weighted by molar-refractivity contribution is 5.92. The molecule has 1 aliphatic rings. The summed E-state index contributed by atoms with van der Waals surface area (Å²) in [4.78, 5) is 37.8. The molecular formula is C24H28F2N6O4. The summed E-state index contributed by atoms with van der Waals surface area (Å²) in [6.07, 6.45) is -2.47. The number of rotatable bonds is 8. The summed E-state index contributed by atoms with van der Waals surface area (Å²) in [7, 11) is 1.61. The molecule has 1 aromatic carbocycles. The molecule has 2 aromatic heterocycles. The Morgan fingerprint density at radius 2 is 1.97 bits per heavy atom. The third-order valence-corrected chi connectivity index (χ3v) is 6.05. The normalized spacial score (nSPS) is 23.7. The molecule has 0 spiro atoms. The molecule has 1 saturated heterocycles. The molecule has 4 atom stereocenters. The van der Waals surface area contributed by atoms with E-state index in [4.69, 9.17) is 9.47 Å². The van der Waals surface area contributed by atoms with Gasteiger partial charge >= 0.3 is 5.97 Å². The Kier molecular flexibility index (Phi) is 7.16. The largest absolute Gasteiger partial charge is 0.452 e. The summed E-state index contributed by atoms with van der Waals surface area (Å²) in [6, 6.07) is 8.07. The van der Waals surface area contributed by atoms with E-state index in [1.165, 1.54) is 23.0 Å². The number of alkyl halides is 2. The Bertz CT molecular complexity index is 1250. The Morgan fingerprint density at radius 3 is 2.58 bits per heavy atom. The first-order valence-corrected chi connectivity index (χ1v) is 11.6. The van der Waals surface area contributed by atoms with E-state index >= 15 is 4.39 Å². The van der Waals surface area contributed by atoms with E-state index in [2.05, 4.69) is 25.6 Å². The van der Waals surface area contributed by atoms with Gasteiger partial charge in [0, 0.05) is 13.0 Å². The van der Waals surface area contributed by atoms with Gasteiger partial charge in [-0.15, -0.1) is 0 Å². The predicted octanol–water partition coefficient (Wildman–Crippen LogP) is 3.67. The summed E-state index contributed by atoms with van der Waals surface area (Å²) in [6.45, 7) is 3.66. The molecule has 1 amide bonds. The Morgan fingerprint density at radius 1 is 1.25 bits per heavy atom. The van der Waals surface area contributed by atoms with Gasteiger partial charge in [0.05, 0.1) is 11.9 Å². The summed E-state index contributed by atoms with van der Waals surface area (Å²) in [5, 5.41) is 5.47. The highest BCUT2D eigenvalue weighted by atomic mass is 19.2. The van der Waals surface area contributed by atoms with Crippen LogP contribution in [0.15, 0.2) is 36.7 Å². The zero-order chi connectivity index (χ0) is 26.0. The molecule has 0 aliphatic carbocycles. The van der Waals surface area contributed by atoms with Crippen LogP contribution in [0.5, 0.6) is 0 Å². The molecule has 36 heavy (non-hydrogen) atoms. The van der Waals surface area contributed by atoms with Gasteiger partial charge in [0.1, 0.15) is 12.8 Å². The molecular weight excluding hydrogens is 474 g/mol. The van der Waals surface area contributed by atoms with E-state index < -0.39 is 36.7 Å². The van der Waals surface area contributed by atoms with Gasteiger partial charge in [0.15, 0.2) is 29.3 Å². The number of carbonyl (C=O) groups is 2. The number of aromatic nitrogens is 4. The zero-order valence-electron chi connectivity index (χ0n) is 20.4. The van der Waals surface area contributed by atoms with Gasteiger partial charge in [-0.1, -0.05) is 39.0 Å². The van der Waals surface area contributed by atoms with Crippen LogP contribution in [0.3, 0.4) is 0 Å². The number of fused-ring (bicyclic) bond motifs is 1. The number of hydrogen-bond acceptors (Lipinski definition) is 8. The van der Waals surface area contributed by atoms with Crippen molar-refractivity contribution in [2.75, 3.05) is 24.4 Å². The minimum absolute atomic E-state index is 0.0332. The fraction of sp³-hybridized carbons (Fsp3) is 0.458. The number of imidazole rings is 1. The third-order valence-electron chi connectivity index (χ3n) is 6.05. The number of esters is 1. The van der Waals surface area contributed by atoms with Gasteiger partial charge < -0.3 is 14.8 Å². The molecule has 192 valence electrons. The predicted molar refractivity (Wildman–Crippen MR) is 128 cm³/mol. The van der Waals surface area contributed by atoms with Crippen molar-refractivity contribution in [2.45, 2.75) is 51.3 Å². The van der Waals surface area contributed by atoms with Crippen LogP contribution < -0.4 is 10.6 Å². The van der Waals surface area contributed by atoms with Crippen molar-refractivity contribution in [3.8, 4) is 0 Å². The summed E-state index contributed by atoms with van der Waals surface area (Å²) < 4.78 is 43.5. The SMILES string of the molecule is CC[C@H]1O[C@@H](n2cnc3c(NC)nc(NC(=O)C(C)C)nc32)[C@@](F)(CF)C1OC(=O)c1ccccc1. The monoisotopic (exact) mass is 502 g/mol. The minimum atomic E-state index is -2.73. The van der Waals surface area contributed by atoms with Crippen LogP contribution in [0, 0.1) is 5.92 Å². The fourth-order valence-corrected chi connectivity index (χ4v) is 4.05. The highest BCUT2D eigenvalue weighted by Gasteiger charge is 2.61. The number of hydrogen-bond donors (Lipinski definition) is 2. The first-order valence-electron chi connectivity index (χ1n) is 11.6. The van der Waals surface area contributed by atoms with Crippen LogP contribution >= 0.6 is 0 Å². The Balaban J connectivity index is 1.74. The van der Waals surface area contributed by atoms with Crippen molar-refractivity contribution >= 4 is 34.8 Å². The number of ether oxygens (including phenoxy) is 2. The molecule has 0 bridgehead atoms. The van der Waals surface area contributed by atoms with Crippen molar-refractivity contribution in [3.63, 3.8) is 0 Å². The molecule has 3 heterocycles. The fourth-order valence-electron chi connectivity index (χ4n) is 4.05. The first kappa shape index (κ1) is 25.4. The van der Waals surface area contributed by atoms with Crippen molar-refractivity contribution in [1.29, 1.82) is 0 Å². The summed E-state index contributed by atoms with van der Waals surface area (Å²) in [5.74, 6) is -1.19. The molecule has 1 aliphatic heterocycles. The van der Waals surface area contributed by atoms with E-state index in [-0.39, 0.29) is 46.7 Å². The van der Waals surface area contributed by atoms with Gasteiger partial charge in [-0.05, 0) is 18.6 Å². The number of benzene rings is 1. The van der Waals surface area contributed by atoms with Gasteiger partial charge in [-0.2, -0.15) is 9.97 Å². The number of amides is 1. The van der Waals surface area contributed by atoms with Crippen molar-refractivity contribution < 1.29 is 27.8 Å². The maximum atomic E-state index is 16.4. The van der Waals surface area contributed by atoms with E-state index in [0.29, 0.717) is 0 Å². The molecule has 0 radical (unpaired) electrons. The second-order valence-electron chi connectivity index (χ2n) is 8.80. The van der Waals surface area contributed by atoms with E-state index in [0.717, 1.165) is 0 Å². The molecule has 2 N–H and O–H groups in total. The van der Waals surface area contributed by atoms with E-state index in [9.17, 15) is 14.0 Å². The van der Waals surface area contributed by atoms with Crippen LogP contribution in [-0.2, 0) is 14.3 Å². The number of carbonyl (C=O) groups excluding carboxylic acids is 2. The topological polar surface area (TPSA) is 120 Å². The van der Waals surface area contributed by atoms with Crippen molar-refractivity contribution in [1.82, 2.24) is 19.5 Å². The van der Waals surface area contributed by atoms with Crippen molar-refractivity contribution in [2.24, 2.45) is 5.92 Å².